The second kappa shape index (κ2) is 7.27. The minimum absolute atomic E-state index is 0.319. The molecule has 0 aliphatic carbocycles. The van der Waals surface area contributed by atoms with Gasteiger partial charge in [0.05, 0.1) is 6.61 Å². The second-order valence-electron chi connectivity index (χ2n) is 5.23. The van der Waals surface area contributed by atoms with Crippen LogP contribution in [0, 0.1) is 5.92 Å². The number of hydrogen-bond donors (Lipinski definition) is 1. The molecule has 0 unspecified atom stereocenters. The molecule has 1 N–H and O–H groups in total. The highest BCUT2D eigenvalue weighted by Crippen LogP contribution is 2.24. The Morgan fingerprint density at radius 3 is 2.61 bits per heavy atom. The van der Waals surface area contributed by atoms with Crippen molar-refractivity contribution in [3.8, 4) is 11.5 Å². The van der Waals surface area contributed by atoms with Crippen molar-refractivity contribution in [3.63, 3.8) is 0 Å². The Labute approximate surface area is 110 Å². The van der Waals surface area contributed by atoms with E-state index in [1.807, 2.05) is 12.1 Å². The lowest BCUT2D eigenvalue weighted by Crippen LogP contribution is -2.22. The fourth-order valence-corrected chi connectivity index (χ4v) is 1.97. The summed E-state index contributed by atoms with van der Waals surface area (Å²) >= 11 is 0. The van der Waals surface area contributed by atoms with Crippen molar-refractivity contribution in [1.29, 1.82) is 0 Å². The van der Waals surface area contributed by atoms with Crippen molar-refractivity contribution in [3.05, 3.63) is 23.8 Å². The van der Waals surface area contributed by atoms with Gasteiger partial charge in [0.1, 0.15) is 11.5 Å². The van der Waals surface area contributed by atoms with E-state index in [9.17, 15) is 5.11 Å². The fraction of sp³-hybridized carbons (Fsp3) is 0.600. The quantitative estimate of drug-likeness (QED) is 0.807. The average Bonchev–Trinajstić information content (AvgIpc) is 2.28. The van der Waals surface area contributed by atoms with Crippen molar-refractivity contribution < 1.29 is 9.84 Å². The molecule has 1 aromatic rings. The Balaban J connectivity index is 2.61. The molecule has 1 aromatic carbocycles. The molecular formula is C15H25NO2. The minimum Gasteiger partial charge on any atom is -0.507 e. The summed E-state index contributed by atoms with van der Waals surface area (Å²) in [5.74, 6) is 1.69. The summed E-state index contributed by atoms with van der Waals surface area (Å²) in [5.41, 5.74) is 0.946. The first-order chi connectivity index (χ1) is 8.52. The van der Waals surface area contributed by atoms with Crippen LogP contribution in [0.1, 0.15) is 32.8 Å². The van der Waals surface area contributed by atoms with E-state index in [1.165, 1.54) is 0 Å². The lowest BCUT2D eigenvalue weighted by molar-refractivity contribution is 0.283. The third-order valence-corrected chi connectivity index (χ3v) is 2.65. The first kappa shape index (κ1) is 14.8. The van der Waals surface area contributed by atoms with Crippen LogP contribution in [0.25, 0.3) is 0 Å². The molecule has 1 rings (SSSR count). The fourth-order valence-electron chi connectivity index (χ4n) is 1.97. The van der Waals surface area contributed by atoms with Crippen molar-refractivity contribution in [2.24, 2.45) is 5.92 Å². The van der Waals surface area contributed by atoms with Crippen molar-refractivity contribution in [2.75, 3.05) is 20.2 Å². The predicted octanol–water partition coefficient (Wildman–Crippen LogP) is 3.27. The van der Waals surface area contributed by atoms with Gasteiger partial charge in [-0.2, -0.15) is 0 Å². The zero-order valence-corrected chi connectivity index (χ0v) is 11.9. The number of phenols is 1. The maximum Gasteiger partial charge on any atom is 0.123 e. The Kier molecular flexibility index (Phi) is 5.99. The van der Waals surface area contributed by atoms with Crippen LogP contribution in [-0.4, -0.2) is 30.2 Å². The third-order valence-electron chi connectivity index (χ3n) is 2.65. The van der Waals surface area contributed by atoms with Crippen LogP contribution in [0.5, 0.6) is 11.5 Å². The highest BCUT2D eigenvalue weighted by molar-refractivity contribution is 5.39. The van der Waals surface area contributed by atoms with Crippen LogP contribution in [0.4, 0.5) is 0 Å². The van der Waals surface area contributed by atoms with E-state index in [4.69, 9.17) is 4.74 Å². The van der Waals surface area contributed by atoms with Gasteiger partial charge < -0.3 is 14.7 Å². The Morgan fingerprint density at radius 2 is 2.06 bits per heavy atom. The van der Waals surface area contributed by atoms with E-state index in [0.717, 1.165) is 30.8 Å². The lowest BCUT2D eigenvalue weighted by Gasteiger charge is -2.19. The highest BCUT2D eigenvalue weighted by Gasteiger charge is 2.08. The highest BCUT2D eigenvalue weighted by atomic mass is 16.5. The smallest absolute Gasteiger partial charge is 0.123 e. The van der Waals surface area contributed by atoms with Gasteiger partial charge in [0, 0.05) is 24.7 Å². The number of benzene rings is 1. The summed E-state index contributed by atoms with van der Waals surface area (Å²) in [6.45, 7) is 8.92. The molecule has 0 aliphatic heterocycles. The summed E-state index contributed by atoms with van der Waals surface area (Å²) in [5, 5.41) is 9.97. The predicted molar refractivity (Wildman–Crippen MR) is 75.1 cm³/mol. The Morgan fingerprint density at radius 1 is 1.33 bits per heavy atom. The van der Waals surface area contributed by atoms with Gasteiger partial charge in [-0.25, -0.2) is 0 Å². The topological polar surface area (TPSA) is 32.7 Å². The first-order valence-corrected chi connectivity index (χ1v) is 6.66. The van der Waals surface area contributed by atoms with Crippen molar-refractivity contribution >= 4 is 0 Å². The van der Waals surface area contributed by atoms with Crippen molar-refractivity contribution in [2.45, 2.75) is 33.7 Å². The third kappa shape index (κ3) is 4.96. The summed E-state index contributed by atoms with van der Waals surface area (Å²) in [6.07, 6.45) is 0.972. The number of aromatic hydroxyl groups is 1. The van der Waals surface area contributed by atoms with Gasteiger partial charge in [-0.3, -0.25) is 0 Å². The van der Waals surface area contributed by atoms with E-state index in [0.29, 0.717) is 18.3 Å². The van der Waals surface area contributed by atoms with E-state index in [-0.39, 0.29) is 0 Å². The van der Waals surface area contributed by atoms with E-state index < -0.39 is 0 Å². The molecule has 0 bridgehead atoms. The van der Waals surface area contributed by atoms with Gasteiger partial charge in [0.2, 0.25) is 0 Å². The number of ether oxygens (including phenoxy) is 1. The van der Waals surface area contributed by atoms with Gasteiger partial charge in [0.25, 0.3) is 0 Å². The maximum atomic E-state index is 9.97. The molecule has 102 valence electrons. The van der Waals surface area contributed by atoms with Crippen LogP contribution in [0.3, 0.4) is 0 Å². The van der Waals surface area contributed by atoms with Gasteiger partial charge in [0.15, 0.2) is 0 Å². The number of hydrogen-bond acceptors (Lipinski definition) is 3. The number of nitrogens with zero attached hydrogens (tertiary/aromatic N) is 1. The molecule has 0 aliphatic rings. The summed E-state index contributed by atoms with van der Waals surface area (Å²) in [4.78, 5) is 2.21. The van der Waals surface area contributed by atoms with Gasteiger partial charge >= 0.3 is 0 Å². The number of rotatable bonds is 7. The molecule has 0 amide bonds. The molecule has 0 atom stereocenters. The monoisotopic (exact) mass is 251 g/mol. The van der Waals surface area contributed by atoms with Crippen LogP contribution < -0.4 is 4.74 Å². The molecule has 0 saturated carbocycles. The van der Waals surface area contributed by atoms with E-state index >= 15 is 0 Å². The Bertz CT molecular complexity index is 364. The minimum atomic E-state index is 0.319. The largest absolute Gasteiger partial charge is 0.507 e. The van der Waals surface area contributed by atoms with Crippen molar-refractivity contribution in [1.82, 2.24) is 4.90 Å². The zero-order chi connectivity index (χ0) is 13.5. The van der Waals surface area contributed by atoms with Crippen LogP contribution in [0.15, 0.2) is 18.2 Å². The molecule has 0 fully saturated rings. The standard InChI is InChI=1S/C15H25NO2/c1-5-8-18-14-7-6-13(15(17)9-14)11-16(4)10-12(2)3/h6-7,9,12,17H,5,8,10-11H2,1-4H3. The summed E-state index contributed by atoms with van der Waals surface area (Å²) < 4.78 is 5.49. The van der Waals surface area contributed by atoms with Gasteiger partial charge in [-0.15, -0.1) is 0 Å². The molecule has 18 heavy (non-hydrogen) atoms. The normalized spacial score (nSPS) is 11.2. The maximum absolute atomic E-state index is 9.97. The summed E-state index contributed by atoms with van der Waals surface area (Å²) in [6, 6.07) is 5.57. The Hall–Kier alpha value is -1.22. The molecule has 3 heteroatoms. The SMILES string of the molecule is CCCOc1ccc(CN(C)CC(C)C)c(O)c1. The van der Waals surface area contributed by atoms with Gasteiger partial charge in [-0.05, 0) is 25.5 Å². The summed E-state index contributed by atoms with van der Waals surface area (Å²) in [7, 11) is 2.07. The van der Waals surface area contributed by atoms with Crippen LogP contribution >= 0.6 is 0 Å². The lowest BCUT2D eigenvalue weighted by atomic mass is 10.1. The van der Waals surface area contributed by atoms with E-state index in [1.54, 1.807) is 6.07 Å². The second-order valence-corrected chi connectivity index (χ2v) is 5.23. The molecule has 0 radical (unpaired) electrons. The molecule has 0 saturated heterocycles. The molecule has 0 aromatic heterocycles. The first-order valence-electron chi connectivity index (χ1n) is 6.66. The van der Waals surface area contributed by atoms with Crippen LogP contribution in [0.2, 0.25) is 0 Å². The van der Waals surface area contributed by atoms with Gasteiger partial charge in [-0.1, -0.05) is 26.8 Å². The number of phenolic OH excluding ortho intramolecular Hbond substituents is 1. The molecule has 3 nitrogen and oxygen atoms in total. The zero-order valence-electron chi connectivity index (χ0n) is 11.9. The van der Waals surface area contributed by atoms with Crippen LogP contribution in [-0.2, 0) is 6.54 Å². The molecule has 0 heterocycles. The molecular weight excluding hydrogens is 226 g/mol. The van der Waals surface area contributed by atoms with E-state index in [2.05, 4.69) is 32.7 Å². The average molecular weight is 251 g/mol. The molecule has 0 spiro atoms.